The molecule has 2 aliphatic rings. The Morgan fingerprint density at radius 2 is 1.66 bits per heavy atom. The van der Waals surface area contributed by atoms with Crippen LogP contribution in [-0.2, 0) is 30.4 Å². The number of guanidine groups is 1. The molecule has 14 nitrogen and oxygen atoms in total. The van der Waals surface area contributed by atoms with Gasteiger partial charge >= 0.3 is 5.97 Å². The molecular weight excluding hydrogens is 532 g/mol. The van der Waals surface area contributed by atoms with Gasteiger partial charge in [-0.3, -0.25) is 24.2 Å². The fourth-order valence-corrected chi connectivity index (χ4v) is 5.19. The number of nitrogens with zero attached hydrogens (tertiary/aromatic N) is 3. The largest absolute Gasteiger partial charge is 0.480 e. The Labute approximate surface area is 238 Å². The van der Waals surface area contributed by atoms with Gasteiger partial charge in [0.2, 0.25) is 23.6 Å². The first kappa shape index (κ1) is 31.3. The number of aliphatic imine (C=N–C) groups is 1. The average molecular weight is 573 g/mol. The number of carboxylic acid groups (broad SMARTS) is 1. The van der Waals surface area contributed by atoms with Gasteiger partial charge in [0.15, 0.2) is 5.96 Å². The second kappa shape index (κ2) is 15.0. The van der Waals surface area contributed by atoms with Crippen molar-refractivity contribution in [1.29, 1.82) is 0 Å². The van der Waals surface area contributed by atoms with E-state index in [0.29, 0.717) is 58.2 Å². The molecule has 0 saturated carbocycles. The van der Waals surface area contributed by atoms with Crippen LogP contribution in [0.1, 0.15) is 44.1 Å². The number of hydrogen-bond donors (Lipinski definition) is 6. The van der Waals surface area contributed by atoms with Crippen LogP contribution in [0.25, 0.3) is 0 Å². The first-order valence-electron chi connectivity index (χ1n) is 13.8. The van der Waals surface area contributed by atoms with Crippen LogP contribution in [0.3, 0.4) is 0 Å². The molecule has 0 aliphatic carbocycles. The maximum atomic E-state index is 13.5. The fourth-order valence-electron chi connectivity index (χ4n) is 5.19. The van der Waals surface area contributed by atoms with E-state index in [-0.39, 0.29) is 18.9 Å². The minimum atomic E-state index is -1.08. The zero-order valence-corrected chi connectivity index (χ0v) is 23.0. The Kier molecular flexibility index (Phi) is 11.4. The Hall–Kier alpha value is -4.20. The molecule has 2 aliphatic heterocycles. The van der Waals surface area contributed by atoms with Gasteiger partial charge in [0, 0.05) is 26.1 Å². The first-order chi connectivity index (χ1) is 19.6. The van der Waals surface area contributed by atoms with Crippen LogP contribution in [0.4, 0.5) is 0 Å². The van der Waals surface area contributed by atoms with Crippen molar-refractivity contribution in [2.24, 2.45) is 22.2 Å². The van der Waals surface area contributed by atoms with Crippen LogP contribution < -0.4 is 27.8 Å². The van der Waals surface area contributed by atoms with Crippen molar-refractivity contribution in [3.8, 4) is 0 Å². The van der Waals surface area contributed by atoms with Crippen molar-refractivity contribution in [1.82, 2.24) is 20.4 Å². The number of nitrogens with two attached hydrogens (primary N) is 3. The summed E-state index contributed by atoms with van der Waals surface area (Å²) in [5.74, 6) is -3.05. The molecule has 2 heterocycles. The van der Waals surface area contributed by atoms with E-state index in [1.807, 2.05) is 30.3 Å². The number of aliphatic carboxylic acids is 1. The van der Waals surface area contributed by atoms with Gasteiger partial charge in [0.05, 0.1) is 12.6 Å². The summed E-state index contributed by atoms with van der Waals surface area (Å²) in [6.45, 7) is 0.614. The van der Waals surface area contributed by atoms with E-state index in [0.717, 1.165) is 5.56 Å². The third kappa shape index (κ3) is 8.90. The number of rotatable bonds is 13. The molecule has 1 aromatic carbocycles. The maximum Gasteiger partial charge on any atom is 0.326 e. The molecule has 9 N–H and O–H groups in total. The Bertz CT molecular complexity index is 1130. The summed E-state index contributed by atoms with van der Waals surface area (Å²) >= 11 is 0. The lowest BCUT2D eigenvalue weighted by atomic mass is 10.0. The molecule has 0 aromatic heterocycles. The summed E-state index contributed by atoms with van der Waals surface area (Å²) in [5.41, 5.74) is 17.2. The SMILES string of the molecule is NC(N)=NCCC[C@H](N)C(=O)NCC(=O)N1CCC[C@H]1C(=O)N[C@@H](Cc1ccccc1)C(=O)N1CCC[C@H]1C(=O)O. The van der Waals surface area contributed by atoms with E-state index in [9.17, 15) is 29.1 Å². The van der Waals surface area contributed by atoms with Crippen LogP contribution in [0, 0.1) is 0 Å². The lowest BCUT2D eigenvalue weighted by Gasteiger charge is -2.30. The van der Waals surface area contributed by atoms with E-state index in [4.69, 9.17) is 17.2 Å². The predicted molar refractivity (Wildman–Crippen MR) is 150 cm³/mol. The summed E-state index contributed by atoms with van der Waals surface area (Å²) in [6, 6.07) is 5.50. The molecule has 0 spiro atoms. The number of carboxylic acids is 1. The molecule has 1 aromatic rings. The van der Waals surface area contributed by atoms with E-state index < -0.39 is 53.8 Å². The van der Waals surface area contributed by atoms with Gasteiger partial charge in [-0.2, -0.15) is 0 Å². The van der Waals surface area contributed by atoms with Crippen LogP contribution >= 0.6 is 0 Å². The highest BCUT2D eigenvalue weighted by Gasteiger charge is 2.40. The summed E-state index contributed by atoms with van der Waals surface area (Å²) in [4.78, 5) is 70.4. The van der Waals surface area contributed by atoms with Gasteiger partial charge in [0.1, 0.15) is 18.1 Å². The number of benzene rings is 1. The van der Waals surface area contributed by atoms with Crippen molar-refractivity contribution in [2.45, 2.75) is 69.1 Å². The Morgan fingerprint density at radius 3 is 2.32 bits per heavy atom. The monoisotopic (exact) mass is 572 g/mol. The second-order valence-corrected chi connectivity index (χ2v) is 10.3. The first-order valence-corrected chi connectivity index (χ1v) is 13.8. The van der Waals surface area contributed by atoms with E-state index in [1.54, 1.807) is 0 Å². The number of hydrogen-bond acceptors (Lipinski definition) is 7. The molecule has 41 heavy (non-hydrogen) atoms. The van der Waals surface area contributed by atoms with Gasteiger partial charge in [0.25, 0.3) is 0 Å². The van der Waals surface area contributed by atoms with Crippen LogP contribution in [0.5, 0.6) is 0 Å². The minimum Gasteiger partial charge on any atom is -0.480 e. The van der Waals surface area contributed by atoms with Gasteiger partial charge in [-0.05, 0) is 44.1 Å². The van der Waals surface area contributed by atoms with Crippen molar-refractivity contribution >= 4 is 35.6 Å². The summed E-state index contributed by atoms with van der Waals surface area (Å²) in [5, 5.41) is 14.9. The van der Waals surface area contributed by atoms with E-state index in [2.05, 4.69) is 15.6 Å². The Balaban J connectivity index is 1.61. The van der Waals surface area contributed by atoms with Crippen LogP contribution in [-0.4, -0.2) is 101 Å². The molecule has 14 heteroatoms. The molecule has 0 unspecified atom stereocenters. The third-order valence-corrected chi connectivity index (χ3v) is 7.31. The number of amides is 4. The minimum absolute atomic E-state index is 0.0472. The van der Waals surface area contributed by atoms with Crippen molar-refractivity contribution in [3.05, 3.63) is 35.9 Å². The second-order valence-electron chi connectivity index (χ2n) is 10.3. The lowest BCUT2D eigenvalue weighted by Crippen LogP contribution is -2.56. The molecule has 3 rings (SSSR count). The van der Waals surface area contributed by atoms with E-state index >= 15 is 0 Å². The van der Waals surface area contributed by atoms with Crippen molar-refractivity contribution in [2.75, 3.05) is 26.2 Å². The summed E-state index contributed by atoms with van der Waals surface area (Å²) in [6.07, 6.45) is 2.86. The smallest absolute Gasteiger partial charge is 0.326 e. The van der Waals surface area contributed by atoms with Crippen LogP contribution in [0.2, 0.25) is 0 Å². The van der Waals surface area contributed by atoms with Gasteiger partial charge in [-0.25, -0.2) is 4.79 Å². The molecular formula is C27H40N8O6. The topological polar surface area (TPSA) is 227 Å². The molecule has 0 bridgehead atoms. The summed E-state index contributed by atoms with van der Waals surface area (Å²) < 4.78 is 0. The molecule has 4 amide bonds. The predicted octanol–water partition coefficient (Wildman–Crippen LogP) is -1.72. The molecule has 4 atom stereocenters. The summed E-state index contributed by atoms with van der Waals surface area (Å²) in [7, 11) is 0. The highest BCUT2D eigenvalue weighted by atomic mass is 16.4. The normalized spacial score (nSPS) is 19.7. The molecule has 2 saturated heterocycles. The zero-order valence-electron chi connectivity index (χ0n) is 23.0. The zero-order chi connectivity index (χ0) is 29.9. The van der Waals surface area contributed by atoms with Crippen molar-refractivity contribution in [3.63, 3.8) is 0 Å². The standard InChI is InChI=1S/C27H40N8O6/c28-18(9-4-12-31-27(29)30)23(37)32-16-22(36)34-13-5-10-20(34)24(38)33-19(15-17-7-2-1-3-8-17)25(39)35-14-6-11-21(35)26(40)41/h1-3,7-8,18-21H,4-6,9-16,28H2,(H,32,37)(H,33,38)(H,40,41)(H4,29,30,31)/t18-,19-,20-,21-/m0/s1. The number of carbonyl (C=O) groups excluding carboxylic acids is 4. The molecule has 2 fully saturated rings. The maximum absolute atomic E-state index is 13.5. The average Bonchev–Trinajstić information content (AvgIpc) is 3.64. The lowest BCUT2D eigenvalue weighted by molar-refractivity contribution is -0.149. The quantitative estimate of drug-likeness (QED) is 0.0896. The van der Waals surface area contributed by atoms with Crippen LogP contribution in [0.15, 0.2) is 35.3 Å². The molecule has 0 radical (unpaired) electrons. The molecule has 224 valence electrons. The third-order valence-electron chi connectivity index (χ3n) is 7.31. The number of nitrogens with one attached hydrogen (secondary N) is 2. The highest BCUT2D eigenvalue weighted by Crippen LogP contribution is 2.21. The van der Waals surface area contributed by atoms with Gasteiger partial charge in [-0.1, -0.05) is 30.3 Å². The van der Waals surface area contributed by atoms with Crippen molar-refractivity contribution < 1.29 is 29.1 Å². The number of carbonyl (C=O) groups is 5. The highest BCUT2D eigenvalue weighted by molar-refractivity contribution is 5.95. The van der Waals surface area contributed by atoms with E-state index in [1.165, 1.54) is 9.80 Å². The van der Waals surface area contributed by atoms with Gasteiger partial charge < -0.3 is 42.7 Å². The fraction of sp³-hybridized carbons (Fsp3) is 0.556. The Morgan fingerprint density at radius 1 is 1.00 bits per heavy atom. The number of likely N-dealkylation sites (tertiary alicyclic amines) is 2. The van der Waals surface area contributed by atoms with Gasteiger partial charge in [-0.15, -0.1) is 0 Å².